The van der Waals surface area contributed by atoms with Gasteiger partial charge in [-0.1, -0.05) is 0 Å². The maximum atomic E-state index is 11.6. The van der Waals surface area contributed by atoms with Crippen molar-refractivity contribution in [3.05, 3.63) is 30.1 Å². The molecule has 1 aromatic heterocycles. The largest absolute Gasteiger partial charge is 0.348 e. The number of rotatable bonds is 2. The molecular formula is C10H15N3OS. The molecule has 15 heavy (non-hydrogen) atoms. The fourth-order valence-corrected chi connectivity index (χ4v) is 1.54. The number of aromatic nitrogens is 1. The molecule has 4 nitrogen and oxygen atoms in total. The Kier molecular flexibility index (Phi) is 4.58. The number of carbonyl (C=O) groups is 1. The van der Waals surface area contributed by atoms with Crippen LogP contribution in [0.15, 0.2) is 24.5 Å². The molecule has 1 saturated heterocycles. The van der Waals surface area contributed by atoms with Crippen molar-refractivity contribution in [3.63, 3.8) is 0 Å². The quantitative estimate of drug-likeness (QED) is 0.760. The lowest BCUT2D eigenvalue weighted by molar-refractivity contribution is 0.0939. The summed E-state index contributed by atoms with van der Waals surface area (Å²) in [4.78, 5) is 15.5. The molecule has 1 aliphatic heterocycles. The van der Waals surface area contributed by atoms with E-state index in [4.69, 9.17) is 0 Å². The Bertz CT molecular complexity index is 312. The first kappa shape index (κ1) is 12.0. The Labute approximate surface area is 95.9 Å². The van der Waals surface area contributed by atoms with E-state index in [0.717, 1.165) is 19.5 Å². The maximum Gasteiger partial charge on any atom is 0.253 e. The van der Waals surface area contributed by atoms with E-state index in [1.807, 2.05) is 0 Å². The summed E-state index contributed by atoms with van der Waals surface area (Å²) in [5.41, 5.74) is 0.624. The van der Waals surface area contributed by atoms with Gasteiger partial charge in [-0.15, -0.1) is 0 Å². The van der Waals surface area contributed by atoms with Gasteiger partial charge in [0, 0.05) is 25.0 Å². The Morgan fingerprint density at radius 2 is 2.47 bits per heavy atom. The molecule has 0 saturated carbocycles. The third-order valence-corrected chi connectivity index (χ3v) is 2.32. The van der Waals surface area contributed by atoms with Gasteiger partial charge in [0.15, 0.2) is 0 Å². The first-order valence-electron chi connectivity index (χ1n) is 4.78. The van der Waals surface area contributed by atoms with Crippen LogP contribution in [0, 0.1) is 0 Å². The maximum absolute atomic E-state index is 11.6. The SMILES string of the molecule is O=C(N[C@H]1CCNC1)c1cccnc1.S. The molecule has 0 unspecified atom stereocenters. The molecule has 0 aromatic carbocycles. The molecule has 1 amide bonds. The third kappa shape index (κ3) is 3.21. The molecule has 1 aliphatic rings. The van der Waals surface area contributed by atoms with Crippen LogP contribution in [0.2, 0.25) is 0 Å². The van der Waals surface area contributed by atoms with Crippen LogP contribution in [0.5, 0.6) is 0 Å². The molecule has 1 aromatic rings. The van der Waals surface area contributed by atoms with Crippen LogP contribution in [0.4, 0.5) is 0 Å². The van der Waals surface area contributed by atoms with Gasteiger partial charge in [0.1, 0.15) is 0 Å². The summed E-state index contributed by atoms with van der Waals surface area (Å²) >= 11 is 0. The van der Waals surface area contributed by atoms with E-state index in [1.54, 1.807) is 24.5 Å². The van der Waals surface area contributed by atoms with Crippen molar-refractivity contribution in [1.29, 1.82) is 0 Å². The summed E-state index contributed by atoms with van der Waals surface area (Å²) in [6.45, 7) is 1.85. The highest BCUT2D eigenvalue weighted by Crippen LogP contribution is 2.00. The summed E-state index contributed by atoms with van der Waals surface area (Å²) in [7, 11) is 0. The minimum atomic E-state index is -0.0354. The Balaban J connectivity index is 0.00000112. The summed E-state index contributed by atoms with van der Waals surface area (Å²) in [5.74, 6) is -0.0354. The second-order valence-electron chi connectivity index (χ2n) is 3.40. The molecule has 82 valence electrons. The van der Waals surface area contributed by atoms with Crippen LogP contribution in [-0.2, 0) is 0 Å². The van der Waals surface area contributed by atoms with Crippen molar-refractivity contribution >= 4 is 19.4 Å². The lowest BCUT2D eigenvalue weighted by Gasteiger charge is -2.10. The summed E-state index contributed by atoms with van der Waals surface area (Å²) in [5, 5.41) is 6.15. The molecule has 2 heterocycles. The van der Waals surface area contributed by atoms with Gasteiger partial charge in [0.2, 0.25) is 0 Å². The van der Waals surface area contributed by atoms with Gasteiger partial charge in [-0.3, -0.25) is 9.78 Å². The fraction of sp³-hybridized carbons (Fsp3) is 0.400. The number of pyridine rings is 1. The molecule has 5 heteroatoms. The van der Waals surface area contributed by atoms with Gasteiger partial charge in [-0.25, -0.2) is 0 Å². The zero-order valence-corrected chi connectivity index (χ0v) is 9.36. The lowest BCUT2D eigenvalue weighted by Crippen LogP contribution is -2.36. The van der Waals surface area contributed by atoms with E-state index < -0.39 is 0 Å². The number of hydrogen-bond acceptors (Lipinski definition) is 3. The van der Waals surface area contributed by atoms with Gasteiger partial charge < -0.3 is 10.6 Å². The molecule has 0 bridgehead atoms. The molecule has 0 radical (unpaired) electrons. The van der Waals surface area contributed by atoms with Gasteiger partial charge in [0.25, 0.3) is 5.91 Å². The number of amides is 1. The van der Waals surface area contributed by atoms with Crippen molar-refractivity contribution in [3.8, 4) is 0 Å². The van der Waals surface area contributed by atoms with Crippen molar-refractivity contribution < 1.29 is 4.79 Å². The highest BCUT2D eigenvalue weighted by atomic mass is 32.1. The summed E-state index contributed by atoms with van der Waals surface area (Å²) in [6.07, 6.45) is 4.25. The van der Waals surface area contributed by atoms with Crippen LogP contribution >= 0.6 is 13.5 Å². The monoisotopic (exact) mass is 225 g/mol. The highest BCUT2D eigenvalue weighted by Gasteiger charge is 2.17. The molecule has 0 aliphatic carbocycles. The molecule has 2 rings (SSSR count). The van der Waals surface area contributed by atoms with Crippen molar-refractivity contribution in [2.24, 2.45) is 0 Å². The van der Waals surface area contributed by atoms with Gasteiger partial charge >= 0.3 is 0 Å². The molecule has 1 fully saturated rings. The first-order valence-corrected chi connectivity index (χ1v) is 4.78. The average Bonchev–Trinajstić information content (AvgIpc) is 2.72. The summed E-state index contributed by atoms with van der Waals surface area (Å²) < 4.78 is 0. The Morgan fingerprint density at radius 1 is 1.60 bits per heavy atom. The highest BCUT2D eigenvalue weighted by molar-refractivity contribution is 7.59. The van der Waals surface area contributed by atoms with E-state index in [9.17, 15) is 4.79 Å². The third-order valence-electron chi connectivity index (χ3n) is 2.32. The van der Waals surface area contributed by atoms with Crippen molar-refractivity contribution in [2.45, 2.75) is 12.5 Å². The van der Waals surface area contributed by atoms with Crippen LogP contribution in [0.3, 0.4) is 0 Å². The van der Waals surface area contributed by atoms with Crippen LogP contribution in [0.1, 0.15) is 16.8 Å². The van der Waals surface area contributed by atoms with Crippen molar-refractivity contribution in [2.75, 3.05) is 13.1 Å². The Hall–Kier alpha value is -1.07. The fourth-order valence-electron chi connectivity index (χ4n) is 1.54. The predicted molar refractivity (Wildman–Crippen MR) is 63.4 cm³/mol. The molecule has 1 atom stereocenters. The minimum absolute atomic E-state index is 0. The number of carbonyl (C=O) groups excluding carboxylic acids is 1. The number of hydrogen-bond donors (Lipinski definition) is 2. The van der Waals surface area contributed by atoms with Crippen LogP contribution in [0.25, 0.3) is 0 Å². The predicted octanol–water partition coefficient (Wildman–Crippen LogP) is 0.286. The van der Waals surface area contributed by atoms with E-state index in [0.29, 0.717) is 5.56 Å². The topological polar surface area (TPSA) is 54.0 Å². The molecule has 0 spiro atoms. The second-order valence-corrected chi connectivity index (χ2v) is 3.40. The van der Waals surface area contributed by atoms with Gasteiger partial charge in [-0.2, -0.15) is 13.5 Å². The molecule has 2 N–H and O–H groups in total. The smallest absolute Gasteiger partial charge is 0.253 e. The van der Waals surface area contributed by atoms with Gasteiger partial charge in [-0.05, 0) is 25.1 Å². The van der Waals surface area contributed by atoms with E-state index in [2.05, 4.69) is 15.6 Å². The second kappa shape index (κ2) is 5.72. The van der Waals surface area contributed by atoms with Crippen LogP contribution < -0.4 is 10.6 Å². The van der Waals surface area contributed by atoms with E-state index in [1.165, 1.54) is 0 Å². The minimum Gasteiger partial charge on any atom is -0.348 e. The zero-order chi connectivity index (χ0) is 9.80. The van der Waals surface area contributed by atoms with Gasteiger partial charge in [0.05, 0.1) is 5.56 Å². The molecular weight excluding hydrogens is 210 g/mol. The van der Waals surface area contributed by atoms with E-state index in [-0.39, 0.29) is 25.4 Å². The van der Waals surface area contributed by atoms with Crippen LogP contribution in [-0.4, -0.2) is 30.0 Å². The Morgan fingerprint density at radius 3 is 3.07 bits per heavy atom. The van der Waals surface area contributed by atoms with E-state index >= 15 is 0 Å². The first-order chi connectivity index (χ1) is 6.86. The number of nitrogens with one attached hydrogen (secondary N) is 2. The normalized spacial score (nSPS) is 19.3. The standard InChI is InChI=1S/C10H13N3O.H2S/c14-10(8-2-1-4-11-6-8)13-9-3-5-12-7-9;/h1-2,4,6,9,12H,3,5,7H2,(H,13,14);1H2/t9-;/m0./s1. The lowest BCUT2D eigenvalue weighted by atomic mass is 10.2. The van der Waals surface area contributed by atoms with Crippen molar-refractivity contribution in [1.82, 2.24) is 15.6 Å². The number of nitrogens with zero attached hydrogens (tertiary/aromatic N) is 1. The zero-order valence-electron chi connectivity index (χ0n) is 8.36. The summed E-state index contributed by atoms with van der Waals surface area (Å²) in [6, 6.07) is 3.80. The average molecular weight is 225 g/mol.